The van der Waals surface area contributed by atoms with E-state index in [0.29, 0.717) is 12.1 Å². The van der Waals surface area contributed by atoms with E-state index in [2.05, 4.69) is 0 Å². The summed E-state index contributed by atoms with van der Waals surface area (Å²) < 4.78 is 0. The number of carboxylic acid groups (broad SMARTS) is 1. The zero-order valence-corrected chi connectivity index (χ0v) is 9.40. The Kier molecular flexibility index (Phi) is 4.80. The molecule has 8 nitrogen and oxygen atoms in total. The summed E-state index contributed by atoms with van der Waals surface area (Å²) >= 11 is 5.40. The van der Waals surface area contributed by atoms with Gasteiger partial charge in [0.25, 0.3) is 11.4 Å². The molecular formula is C7H4Cl2N2O6. The van der Waals surface area contributed by atoms with Crippen molar-refractivity contribution >= 4 is 41.4 Å². The maximum atomic E-state index is 10.6. The van der Waals surface area contributed by atoms with Gasteiger partial charge in [-0.05, 0) is 0 Å². The molecule has 0 aliphatic heterocycles. The smallest absolute Gasteiger partial charge is 0.336 e. The maximum absolute atomic E-state index is 10.6. The summed E-state index contributed by atoms with van der Waals surface area (Å²) in [6, 6.07) is 1.33. The van der Waals surface area contributed by atoms with E-state index < -0.39 is 37.8 Å². The predicted octanol–water partition coefficient (Wildman–Crippen LogP) is 2.28. The van der Waals surface area contributed by atoms with Crippen LogP contribution in [0.25, 0.3) is 0 Å². The van der Waals surface area contributed by atoms with E-state index in [4.69, 9.17) is 16.7 Å². The third-order valence-electron chi connectivity index (χ3n) is 1.67. The van der Waals surface area contributed by atoms with Gasteiger partial charge in [-0.3, -0.25) is 20.2 Å². The second-order valence-electron chi connectivity index (χ2n) is 2.65. The van der Waals surface area contributed by atoms with Gasteiger partial charge in [0.1, 0.15) is 0 Å². The minimum Gasteiger partial charge on any atom is -0.478 e. The van der Waals surface area contributed by atoms with Gasteiger partial charge in [0.15, 0.2) is 5.02 Å². The normalized spacial score (nSPS) is 9.24. The molecule has 0 spiro atoms. The number of carbonyl (C=O) groups is 1. The fraction of sp³-hybridized carbons (Fsp3) is 0. The van der Waals surface area contributed by atoms with Crippen molar-refractivity contribution in [2.45, 2.75) is 0 Å². The van der Waals surface area contributed by atoms with Crippen LogP contribution >= 0.6 is 24.0 Å². The molecule has 1 aromatic carbocycles. The van der Waals surface area contributed by atoms with E-state index in [-0.39, 0.29) is 12.4 Å². The lowest BCUT2D eigenvalue weighted by Crippen LogP contribution is -2.02. The summed E-state index contributed by atoms with van der Waals surface area (Å²) in [6.45, 7) is 0. The lowest BCUT2D eigenvalue weighted by molar-refractivity contribution is -0.393. The molecular weight excluding hydrogens is 279 g/mol. The fourth-order valence-electron chi connectivity index (χ4n) is 0.983. The largest absolute Gasteiger partial charge is 0.478 e. The molecule has 0 aliphatic carbocycles. The quantitative estimate of drug-likeness (QED) is 0.670. The van der Waals surface area contributed by atoms with Crippen molar-refractivity contribution in [2.75, 3.05) is 0 Å². The summed E-state index contributed by atoms with van der Waals surface area (Å²) in [7, 11) is 0. The second kappa shape index (κ2) is 5.41. The molecule has 1 aromatic rings. The van der Waals surface area contributed by atoms with Crippen LogP contribution in [0.4, 0.5) is 11.4 Å². The SMILES string of the molecule is Cl.O=C(O)c1cc([N+](=O)[O-])c(Cl)c([N+](=O)[O-])c1. The van der Waals surface area contributed by atoms with Crippen molar-refractivity contribution in [3.8, 4) is 0 Å². The van der Waals surface area contributed by atoms with Crippen LogP contribution in [0.2, 0.25) is 5.02 Å². The average molecular weight is 283 g/mol. The van der Waals surface area contributed by atoms with Gasteiger partial charge in [0, 0.05) is 12.1 Å². The molecule has 17 heavy (non-hydrogen) atoms. The first kappa shape index (κ1) is 15.1. The summed E-state index contributed by atoms with van der Waals surface area (Å²) in [4.78, 5) is 29.6. The van der Waals surface area contributed by atoms with E-state index in [0.717, 1.165) is 0 Å². The van der Waals surface area contributed by atoms with Crippen molar-refractivity contribution in [3.05, 3.63) is 42.9 Å². The van der Waals surface area contributed by atoms with Crippen LogP contribution in [-0.2, 0) is 0 Å². The lowest BCUT2D eigenvalue weighted by atomic mass is 10.2. The Morgan fingerprint density at radius 1 is 1.18 bits per heavy atom. The molecule has 0 aliphatic rings. The molecule has 0 unspecified atom stereocenters. The summed E-state index contributed by atoms with van der Waals surface area (Å²) in [6.07, 6.45) is 0. The van der Waals surface area contributed by atoms with Gasteiger partial charge in [0.2, 0.25) is 0 Å². The third kappa shape index (κ3) is 3.02. The molecule has 92 valence electrons. The zero-order valence-electron chi connectivity index (χ0n) is 7.82. The molecule has 0 heterocycles. The molecule has 10 heteroatoms. The topological polar surface area (TPSA) is 124 Å². The number of benzene rings is 1. The van der Waals surface area contributed by atoms with Crippen molar-refractivity contribution in [1.29, 1.82) is 0 Å². The van der Waals surface area contributed by atoms with Gasteiger partial charge in [-0.25, -0.2) is 4.79 Å². The molecule has 0 radical (unpaired) electrons. The molecule has 1 rings (SSSR count). The van der Waals surface area contributed by atoms with Crippen LogP contribution in [0.3, 0.4) is 0 Å². The molecule has 0 aromatic heterocycles. The van der Waals surface area contributed by atoms with E-state index in [9.17, 15) is 25.0 Å². The van der Waals surface area contributed by atoms with Crippen molar-refractivity contribution in [2.24, 2.45) is 0 Å². The second-order valence-corrected chi connectivity index (χ2v) is 3.03. The van der Waals surface area contributed by atoms with Crippen LogP contribution < -0.4 is 0 Å². The number of nitrogens with zero attached hydrogens (tertiary/aromatic N) is 2. The first-order valence-electron chi connectivity index (χ1n) is 3.70. The summed E-state index contributed by atoms with van der Waals surface area (Å²) in [5, 5.41) is 28.9. The molecule has 0 fully saturated rings. The minimum atomic E-state index is -1.51. The maximum Gasteiger partial charge on any atom is 0.336 e. The Morgan fingerprint density at radius 2 is 1.53 bits per heavy atom. The highest BCUT2D eigenvalue weighted by molar-refractivity contribution is 6.35. The van der Waals surface area contributed by atoms with Crippen molar-refractivity contribution in [3.63, 3.8) is 0 Å². The van der Waals surface area contributed by atoms with E-state index in [1.54, 1.807) is 0 Å². The summed E-state index contributed by atoms with van der Waals surface area (Å²) in [5.74, 6) is -1.51. The molecule has 1 N–H and O–H groups in total. The van der Waals surface area contributed by atoms with Gasteiger partial charge < -0.3 is 5.11 Å². The number of aromatic carboxylic acids is 1. The number of carboxylic acids is 1. The first-order chi connectivity index (χ1) is 7.34. The van der Waals surface area contributed by atoms with Crippen molar-refractivity contribution in [1.82, 2.24) is 0 Å². The van der Waals surface area contributed by atoms with Gasteiger partial charge in [-0.15, -0.1) is 12.4 Å². The molecule has 0 bridgehead atoms. The highest BCUT2D eigenvalue weighted by Crippen LogP contribution is 2.34. The van der Waals surface area contributed by atoms with Gasteiger partial charge in [-0.1, -0.05) is 11.6 Å². The third-order valence-corrected chi connectivity index (χ3v) is 2.06. The Balaban J connectivity index is 0.00000256. The van der Waals surface area contributed by atoms with E-state index in [1.807, 2.05) is 0 Å². The van der Waals surface area contributed by atoms with Crippen LogP contribution in [0.1, 0.15) is 10.4 Å². The van der Waals surface area contributed by atoms with Crippen LogP contribution in [0.15, 0.2) is 12.1 Å². The summed E-state index contributed by atoms with van der Waals surface area (Å²) in [5.41, 5.74) is -2.19. The Hall–Kier alpha value is -1.93. The standard InChI is InChI=1S/C7H3ClN2O6.ClH/c8-6-4(9(13)14)1-3(7(11)12)2-5(6)10(15)16;/h1-2H,(H,11,12);1H. The van der Waals surface area contributed by atoms with Crippen LogP contribution in [-0.4, -0.2) is 20.9 Å². The van der Waals surface area contributed by atoms with E-state index >= 15 is 0 Å². The molecule has 0 atom stereocenters. The Labute approximate surface area is 105 Å². The monoisotopic (exact) mass is 282 g/mol. The number of rotatable bonds is 3. The molecule has 0 amide bonds. The number of halogens is 2. The van der Waals surface area contributed by atoms with Gasteiger partial charge >= 0.3 is 5.97 Å². The minimum absolute atomic E-state index is 0. The Bertz CT molecular complexity index is 468. The molecule has 0 saturated carbocycles. The fourth-order valence-corrected chi connectivity index (χ4v) is 1.23. The molecule has 0 saturated heterocycles. The number of nitro benzene ring substituents is 2. The van der Waals surface area contributed by atoms with E-state index in [1.165, 1.54) is 0 Å². The average Bonchev–Trinajstić information content (AvgIpc) is 2.16. The van der Waals surface area contributed by atoms with Gasteiger partial charge in [0.05, 0.1) is 15.4 Å². The predicted molar refractivity (Wildman–Crippen MR) is 59.0 cm³/mol. The first-order valence-corrected chi connectivity index (χ1v) is 4.08. The number of nitro groups is 2. The van der Waals surface area contributed by atoms with Crippen LogP contribution in [0.5, 0.6) is 0 Å². The zero-order chi connectivity index (χ0) is 12.5. The lowest BCUT2D eigenvalue weighted by Gasteiger charge is -1.99. The highest BCUT2D eigenvalue weighted by atomic mass is 35.5. The van der Waals surface area contributed by atoms with Crippen LogP contribution in [0, 0.1) is 20.2 Å². The Morgan fingerprint density at radius 3 is 1.76 bits per heavy atom. The number of hydrogen-bond donors (Lipinski definition) is 1. The number of hydrogen-bond acceptors (Lipinski definition) is 5. The van der Waals surface area contributed by atoms with Gasteiger partial charge in [-0.2, -0.15) is 0 Å². The van der Waals surface area contributed by atoms with Crippen molar-refractivity contribution < 1.29 is 19.7 Å². The highest BCUT2D eigenvalue weighted by Gasteiger charge is 2.26.